The van der Waals surface area contributed by atoms with E-state index < -0.39 is 4.92 Å². The highest BCUT2D eigenvalue weighted by Crippen LogP contribution is 2.41. The molecule has 0 saturated heterocycles. The SMILES string of the molecule is CCCOc1c(OC)cc(-c2nc3ccc(OC)cc3[nH]2)cc1[N+](=O)[O-]. The van der Waals surface area contributed by atoms with Gasteiger partial charge in [0.2, 0.25) is 5.75 Å². The van der Waals surface area contributed by atoms with Crippen LogP contribution < -0.4 is 14.2 Å². The third-order valence-electron chi connectivity index (χ3n) is 3.86. The molecule has 2 aromatic carbocycles. The van der Waals surface area contributed by atoms with Crippen LogP contribution in [0.5, 0.6) is 17.2 Å². The minimum atomic E-state index is -0.483. The Morgan fingerprint density at radius 2 is 2.00 bits per heavy atom. The van der Waals surface area contributed by atoms with E-state index in [1.807, 2.05) is 19.1 Å². The number of rotatable bonds is 7. The van der Waals surface area contributed by atoms with Gasteiger partial charge in [0.05, 0.1) is 36.8 Å². The molecular formula is C18H19N3O5. The van der Waals surface area contributed by atoms with Crippen molar-refractivity contribution in [3.63, 3.8) is 0 Å². The van der Waals surface area contributed by atoms with Crippen LogP contribution in [0.25, 0.3) is 22.4 Å². The number of benzene rings is 2. The molecule has 1 aromatic heterocycles. The van der Waals surface area contributed by atoms with Crippen molar-refractivity contribution in [3.05, 3.63) is 40.4 Å². The Kier molecular flexibility index (Phi) is 4.92. The van der Waals surface area contributed by atoms with E-state index in [4.69, 9.17) is 14.2 Å². The summed E-state index contributed by atoms with van der Waals surface area (Å²) < 4.78 is 16.1. The van der Waals surface area contributed by atoms with Crippen LogP contribution in [0.1, 0.15) is 13.3 Å². The number of nitrogens with one attached hydrogen (secondary N) is 1. The van der Waals surface area contributed by atoms with Gasteiger partial charge in [-0.05, 0) is 24.6 Å². The third kappa shape index (κ3) is 3.26. The summed E-state index contributed by atoms with van der Waals surface area (Å²) in [7, 11) is 3.03. The van der Waals surface area contributed by atoms with E-state index in [1.54, 1.807) is 19.2 Å². The number of nitro benzene ring substituents is 1. The molecule has 1 N–H and O–H groups in total. The number of methoxy groups -OCH3 is 2. The van der Waals surface area contributed by atoms with Crippen LogP contribution in [0.3, 0.4) is 0 Å². The molecule has 0 spiro atoms. The average Bonchev–Trinajstić information content (AvgIpc) is 3.08. The second-order valence-corrected chi connectivity index (χ2v) is 5.60. The summed E-state index contributed by atoms with van der Waals surface area (Å²) in [5.41, 5.74) is 1.87. The summed E-state index contributed by atoms with van der Waals surface area (Å²) in [5.74, 6) is 1.61. The number of nitro groups is 1. The molecule has 0 fully saturated rings. The first kappa shape index (κ1) is 17.5. The van der Waals surface area contributed by atoms with E-state index in [-0.39, 0.29) is 11.4 Å². The maximum atomic E-state index is 11.5. The Morgan fingerprint density at radius 3 is 2.65 bits per heavy atom. The molecule has 3 rings (SSSR count). The molecule has 0 bridgehead atoms. The number of aromatic nitrogens is 2. The molecule has 0 aliphatic carbocycles. The monoisotopic (exact) mass is 357 g/mol. The molecule has 1 heterocycles. The molecule has 0 atom stereocenters. The number of hydrogen-bond acceptors (Lipinski definition) is 6. The molecule has 0 radical (unpaired) electrons. The topological polar surface area (TPSA) is 99.5 Å². The van der Waals surface area contributed by atoms with Gasteiger partial charge < -0.3 is 19.2 Å². The Hall–Kier alpha value is -3.29. The number of hydrogen-bond donors (Lipinski definition) is 1. The van der Waals surface area contributed by atoms with E-state index in [9.17, 15) is 10.1 Å². The molecular weight excluding hydrogens is 338 g/mol. The van der Waals surface area contributed by atoms with E-state index in [0.29, 0.717) is 29.5 Å². The quantitative estimate of drug-likeness (QED) is 0.508. The molecule has 136 valence electrons. The zero-order valence-corrected chi connectivity index (χ0v) is 14.7. The van der Waals surface area contributed by atoms with Crippen LogP contribution in [0.15, 0.2) is 30.3 Å². The van der Waals surface area contributed by atoms with Crippen molar-refractivity contribution in [1.82, 2.24) is 9.97 Å². The highest BCUT2D eigenvalue weighted by Gasteiger charge is 2.23. The highest BCUT2D eigenvalue weighted by atomic mass is 16.6. The van der Waals surface area contributed by atoms with Crippen molar-refractivity contribution in [2.45, 2.75) is 13.3 Å². The van der Waals surface area contributed by atoms with Gasteiger partial charge in [-0.2, -0.15) is 0 Å². The summed E-state index contributed by atoms with van der Waals surface area (Å²) >= 11 is 0. The van der Waals surface area contributed by atoms with Crippen molar-refractivity contribution in [1.29, 1.82) is 0 Å². The second-order valence-electron chi connectivity index (χ2n) is 5.60. The predicted octanol–water partition coefficient (Wildman–Crippen LogP) is 3.94. The van der Waals surface area contributed by atoms with E-state index in [2.05, 4.69) is 9.97 Å². The van der Waals surface area contributed by atoms with E-state index in [0.717, 1.165) is 17.5 Å². The lowest BCUT2D eigenvalue weighted by Crippen LogP contribution is -2.02. The van der Waals surface area contributed by atoms with Crippen LogP contribution in [0, 0.1) is 10.1 Å². The number of H-pyrrole nitrogens is 1. The molecule has 0 amide bonds. The first-order valence-corrected chi connectivity index (χ1v) is 8.10. The fourth-order valence-corrected chi connectivity index (χ4v) is 2.61. The van der Waals surface area contributed by atoms with Crippen LogP contribution in [-0.4, -0.2) is 35.7 Å². The van der Waals surface area contributed by atoms with Crippen LogP contribution in [0.2, 0.25) is 0 Å². The van der Waals surface area contributed by atoms with Crippen LogP contribution >= 0.6 is 0 Å². The Morgan fingerprint density at radius 1 is 1.19 bits per heavy atom. The number of nitrogens with zero attached hydrogens (tertiary/aromatic N) is 2. The molecule has 3 aromatic rings. The van der Waals surface area contributed by atoms with Crippen molar-refractivity contribution in [2.75, 3.05) is 20.8 Å². The molecule has 26 heavy (non-hydrogen) atoms. The van der Waals surface area contributed by atoms with Crippen molar-refractivity contribution in [2.24, 2.45) is 0 Å². The summed E-state index contributed by atoms with van der Waals surface area (Å²) in [6.07, 6.45) is 0.730. The Bertz CT molecular complexity index is 951. The van der Waals surface area contributed by atoms with Gasteiger partial charge in [-0.3, -0.25) is 10.1 Å². The standard InChI is InChI=1S/C18H19N3O5/c1-4-7-26-17-15(21(22)23)8-11(9-16(17)25-3)18-19-13-6-5-12(24-2)10-14(13)20-18/h5-6,8-10H,4,7H2,1-3H3,(H,19,20). The molecule has 8 nitrogen and oxygen atoms in total. The number of ether oxygens (including phenoxy) is 3. The normalized spacial score (nSPS) is 10.7. The first-order valence-electron chi connectivity index (χ1n) is 8.10. The number of aromatic amines is 1. The third-order valence-corrected chi connectivity index (χ3v) is 3.86. The first-order chi connectivity index (χ1) is 12.6. The highest BCUT2D eigenvalue weighted by molar-refractivity contribution is 5.82. The Labute approximate surface area is 149 Å². The minimum Gasteiger partial charge on any atom is -0.497 e. The van der Waals surface area contributed by atoms with Gasteiger partial charge in [0.15, 0.2) is 5.75 Å². The minimum absolute atomic E-state index is 0.126. The lowest BCUT2D eigenvalue weighted by Gasteiger charge is -2.11. The fourth-order valence-electron chi connectivity index (χ4n) is 2.61. The largest absolute Gasteiger partial charge is 0.497 e. The maximum Gasteiger partial charge on any atom is 0.315 e. The van der Waals surface area contributed by atoms with Gasteiger partial charge in [-0.25, -0.2) is 4.98 Å². The summed E-state index contributed by atoms with van der Waals surface area (Å²) in [4.78, 5) is 18.7. The lowest BCUT2D eigenvalue weighted by atomic mass is 10.1. The lowest BCUT2D eigenvalue weighted by molar-refractivity contribution is -0.385. The van der Waals surface area contributed by atoms with Crippen LogP contribution in [-0.2, 0) is 0 Å². The molecule has 0 unspecified atom stereocenters. The molecule has 0 aliphatic rings. The van der Waals surface area contributed by atoms with Gasteiger partial charge in [0.1, 0.15) is 11.6 Å². The van der Waals surface area contributed by atoms with Crippen LogP contribution in [0.4, 0.5) is 5.69 Å². The number of imidazole rings is 1. The Balaban J connectivity index is 2.12. The molecule has 0 saturated carbocycles. The van der Waals surface area contributed by atoms with Gasteiger partial charge in [-0.1, -0.05) is 6.92 Å². The zero-order chi connectivity index (χ0) is 18.7. The van der Waals surface area contributed by atoms with Crippen molar-refractivity contribution < 1.29 is 19.1 Å². The maximum absolute atomic E-state index is 11.5. The van der Waals surface area contributed by atoms with Gasteiger partial charge in [-0.15, -0.1) is 0 Å². The van der Waals surface area contributed by atoms with Gasteiger partial charge in [0.25, 0.3) is 0 Å². The summed E-state index contributed by atoms with van der Waals surface area (Å²) in [5, 5.41) is 11.5. The zero-order valence-electron chi connectivity index (χ0n) is 14.7. The summed E-state index contributed by atoms with van der Waals surface area (Å²) in [6, 6.07) is 8.54. The fraction of sp³-hybridized carbons (Fsp3) is 0.278. The second kappa shape index (κ2) is 7.30. The number of fused-ring (bicyclic) bond motifs is 1. The van der Waals surface area contributed by atoms with Gasteiger partial charge in [0, 0.05) is 17.7 Å². The molecule has 0 aliphatic heterocycles. The average molecular weight is 357 g/mol. The summed E-state index contributed by atoms with van der Waals surface area (Å²) in [6.45, 7) is 2.29. The van der Waals surface area contributed by atoms with Crippen molar-refractivity contribution >= 4 is 16.7 Å². The van der Waals surface area contributed by atoms with Crippen molar-refractivity contribution in [3.8, 4) is 28.6 Å². The smallest absolute Gasteiger partial charge is 0.315 e. The predicted molar refractivity (Wildman–Crippen MR) is 97.1 cm³/mol. The van der Waals surface area contributed by atoms with E-state index >= 15 is 0 Å². The van der Waals surface area contributed by atoms with Gasteiger partial charge >= 0.3 is 5.69 Å². The molecule has 8 heteroatoms. The van der Waals surface area contributed by atoms with E-state index in [1.165, 1.54) is 13.2 Å².